The third kappa shape index (κ3) is 4.36. The normalized spacial score (nSPS) is 11.3. The van der Waals surface area contributed by atoms with Crippen molar-refractivity contribution >= 4 is 15.9 Å². The summed E-state index contributed by atoms with van der Waals surface area (Å²) in [6.07, 6.45) is 1.50. The highest BCUT2D eigenvalue weighted by Gasteiger charge is 2.19. The van der Waals surface area contributed by atoms with Crippen molar-refractivity contribution in [3.63, 3.8) is 0 Å². The third-order valence-corrected chi connectivity index (χ3v) is 4.99. The van der Waals surface area contributed by atoms with Gasteiger partial charge >= 0.3 is 0 Å². The zero-order valence-electron chi connectivity index (χ0n) is 13.8. The molecule has 24 heavy (non-hydrogen) atoms. The SMILES string of the molecule is COc1cc(C)c(S(=O)(=O)NCC(=O)NCc2ccco2)cc1C. The number of sulfonamides is 1. The van der Waals surface area contributed by atoms with Crippen LogP contribution in [0.15, 0.2) is 39.8 Å². The zero-order valence-corrected chi connectivity index (χ0v) is 14.6. The number of carbonyl (C=O) groups excluding carboxylic acids is 1. The largest absolute Gasteiger partial charge is 0.496 e. The minimum Gasteiger partial charge on any atom is -0.496 e. The molecule has 1 aromatic heterocycles. The molecule has 2 N–H and O–H groups in total. The summed E-state index contributed by atoms with van der Waals surface area (Å²) in [7, 11) is -2.27. The molecule has 0 unspecified atom stereocenters. The Bertz CT molecular complexity index is 813. The number of ether oxygens (including phenoxy) is 1. The Kier molecular flexibility index (Phi) is 5.63. The van der Waals surface area contributed by atoms with E-state index in [1.54, 1.807) is 32.0 Å². The Morgan fingerprint density at radius 3 is 2.62 bits per heavy atom. The highest BCUT2D eigenvalue weighted by Crippen LogP contribution is 2.25. The lowest BCUT2D eigenvalue weighted by atomic mass is 10.1. The molecule has 0 aliphatic rings. The van der Waals surface area contributed by atoms with Gasteiger partial charge in [0.15, 0.2) is 0 Å². The number of benzene rings is 1. The summed E-state index contributed by atoms with van der Waals surface area (Å²) in [5.41, 5.74) is 1.24. The van der Waals surface area contributed by atoms with E-state index in [1.807, 2.05) is 0 Å². The number of hydrogen-bond acceptors (Lipinski definition) is 5. The van der Waals surface area contributed by atoms with Gasteiger partial charge < -0.3 is 14.5 Å². The van der Waals surface area contributed by atoms with Gasteiger partial charge in [0.1, 0.15) is 11.5 Å². The molecule has 0 aliphatic heterocycles. The lowest BCUT2D eigenvalue weighted by Gasteiger charge is -2.12. The van der Waals surface area contributed by atoms with Crippen molar-refractivity contribution < 1.29 is 22.4 Å². The Balaban J connectivity index is 2.00. The number of hydrogen-bond donors (Lipinski definition) is 2. The number of nitrogens with one attached hydrogen (secondary N) is 2. The van der Waals surface area contributed by atoms with Crippen LogP contribution in [0, 0.1) is 13.8 Å². The average Bonchev–Trinajstić information content (AvgIpc) is 3.06. The highest BCUT2D eigenvalue weighted by molar-refractivity contribution is 7.89. The van der Waals surface area contributed by atoms with Gasteiger partial charge in [0, 0.05) is 0 Å². The summed E-state index contributed by atoms with van der Waals surface area (Å²) in [6.45, 7) is 3.28. The molecule has 1 aromatic carbocycles. The Hall–Kier alpha value is -2.32. The minimum absolute atomic E-state index is 0.125. The monoisotopic (exact) mass is 352 g/mol. The van der Waals surface area contributed by atoms with E-state index in [1.165, 1.54) is 19.4 Å². The summed E-state index contributed by atoms with van der Waals surface area (Å²) in [6, 6.07) is 6.60. The molecule has 1 amide bonds. The standard InChI is InChI=1S/C16H20N2O5S/c1-11-8-15(12(2)7-14(11)22-3)24(20,21)18-10-16(19)17-9-13-5-4-6-23-13/h4-8,18H,9-10H2,1-3H3,(H,17,19). The third-order valence-electron chi connectivity index (χ3n) is 3.44. The predicted molar refractivity (Wildman–Crippen MR) is 88.2 cm³/mol. The molecule has 0 saturated carbocycles. The van der Waals surface area contributed by atoms with E-state index in [2.05, 4.69) is 10.0 Å². The maximum Gasteiger partial charge on any atom is 0.241 e. The summed E-state index contributed by atoms with van der Waals surface area (Å²) in [5.74, 6) is 0.758. The number of furan rings is 1. The van der Waals surface area contributed by atoms with E-state index >= 15 is 0 Å². The van der Waals surface area contributed by atoms with Crippen molar-refractivity contribution in [2.45, 2.75) is 25.3 Å². The van der Waals surface area contributed by atoms with Crippen LogP contribution in [-0.2, 0) is 21.4 Å². The number of carbonyl (C=O) groups is 1. The van der Waals surface area contributed by atoms with Gasteiger partial charge in [-0.2, -0.15) is 0 Å². The average molecular weight is 352 g/mol. The van der Waals surface area contributed by atoms with Crippen LogP contribution in [0.3, 0.4) is 0 Å². The van der Waals surface area contributed by atoms with Crippen LogP contribution < -0.4 is 14.8 Å². The molecule has 0 radical (unpaired) electrons. The van der Waals surface area contributed by atoms with E-state index in [9.17, 15) is 13.2 Å². The number of amides is 1. The second-order valence-corrected chi connectivity index (χ2v) is 7.00. The zero-order chi connectivity index (χ0) is 17.7. The molecule has 2 rings (SSSR count). The molecule has 0 saturated heterocycles. The van der Waals surface area contributed by atoms with Crippen LogP contribution in [0.2, 0.25) is 0 Å². The Morgan fingerprint density at radius 1 is 1.25 bits per heavy atom. The van der Waals surface area contributed by atoms with Crippen LogP contribution in [-0.4, -0.2) is 28.0 Å². The fourth-order valence-electron chi connectivity index (χ4n) is 2.17. The van der Waals surface area contributed by atoms with E-state index in [-0.39, 0.29) is 18.0 Å². The van der Waals surface area contributed by atoms with Crippen LogP contribution in [0.5, 0.6) is 5.75 Å². The molecule has 7 nitrogen and oxygen atoms in total. The fourth-order valence-corrected chi connectivity index (χ4v) is 3.46. The molecule has 0 spiro atoms. The van der Waals surface area contributed by atoms with Crippen LogP contribution >= 0.6 is 0 Å². The van der Waals surface area contributed by atoms with Crippen molar-refractivity contribution in [2.75, 3.05) is 13.7 Å². The quantitative estimate of drug-likeness (QED) is 0.787. The Labute approximate surface area is 141 Å². The van der Waals surface area contributed by atoms with Gasteiger partial charge in [0.25, 0.3) is 0 Å². The summed E-state index contributed by atoms with van der Waals surface area (Å²) in [4.78, 5) is 11.9. The maximum absolute atomic E-state index is 12.4. The molecule has 2 aromatic rings. The van der Waals surface area contributed by atoms with Gasteiger partial charge in [-0.15, -0.1) is 0 Å². The fraction of sp³-hybridized carbons (Fsp3) is 0.312. The van der Waals surface area contributed by atoms with E-state index in [0.29, 0.717) is 22.6 Å². The Morgan fingerprint density at radius 2 is 2.00 bits per heavy atom. The first-order valence-electron chi connectivity index (χ1n) is 7.27. The number of methoxy groups -OCH3 is 1. The molecule has 0 atom stereocenters. The topological polar surface area (TPSA) is 97.6 Å². The molecule has 0 fully saturated rings. The minimum atomic E-state index is -3.80. The highest BCUT2D eigenvalue weighted by atomic mass is 32.2. The maximum atomic E-state index is 12.4. The molecule has 8 heteroatoms. The van der Waals surface area contributed by atoms with Crippen LogP contribution in [0.1, 0.15) is 16.9 Å². The van der Waals surface area contributed by atoms with Gasteiger partial charge in [-0.1, -0.05) is 0 Å². The number of rotatable bonds is 7. The van der Waals surface area contributed by atoms with E-state index in [0.717, 1.165) is 0 Å². The van der Waals surface area contributed by atoms with Gasteiger partial charge in [-0.3, -0.25) is 4.79 Å². The second kappa shape index (κ2) is 7.50. The molecular formula is C16H20N2O5S. The van der Waals surface area contributed by atoms with Gasteiger partial charge in [0.05, 0.1) is 31.4 Å². The number of aryl methyl sites for hydroxylation is 2. The molecule has 1 heterocycles. The molecule has 0 aliphatic carbocycles. The van der Waals surface area contributed by atoms with Crippen molar-refractivity contribution in [2.24, 2.45) is 0 Å². The molecular weight excluding hydrogens is 332 g/mol. The lowest BCUT2D eigenvalue weighted by Crippen LogP contribution is -2.36. The predicted octanol–water partition coefficient (Wildman–Crippen LogP) is 1.50. The first kappa shape index (κ1) is 18.0. The van der Waals surface area contributed by atoms with Gasteiger partial charge in [-0.25, -0.2) is 13.1 Å². The van der Waals surface area contributed by atoms with Crippen LogP contribution in [0.25, 0.3) is 0 Å². The summed E-state index contributed by atoms with van der Waals surface area (Å²) in [5, 5.41) is 2.57. The van der Waals surface area contributed by atoms with E-state index < -0.39 is 15.9 Å². The van der Waals surface area contributed by atoms with Gasteiger partial charge in [-0.05, 0) is 49.2 Å². The summed E-state index contributed by atoms with van der Waals surface area (Å²) < 4.78 is 37.3. The smallest absolute Gasteiger partial charge is 0.241 e. The van der Waals surface area contributed by atoms with E-state index in [4.69, 9.17) is 9.15 Å². The summed E-state index contributed by atoms with van der Waals surface area (Å²) >= 11 is 0. The van der Waals surface area contributed by atoms with Crippen LogP contribution in [0.4, 0.5) is 0 Å². The molecule has 130 valence electrons. The molecule has 0 bridgehead atoms. The lowest BCUT2D eigenvalue weighted by molar-refractivity contribution is -0.120. The van der Waals surface area contributed by atoms with Gasteiger partial charge in [0.2, 0.25) is 15.9 Å². The first-order chi connectivity index (χ1) is 11.3. The van der Waals surface area contributed by atoms with Crippen molar-refractivity contribution in [3.05, 3.63) is 47.4 Å². The van der Waals surface area contributed by atoms with Crippen molar-refractivity contribution in [3.8, 4) is 5.75 Å². The van der Waals surface area contributed by atoms with Crippen molar-refractivity contribution in [1.29, 1.82) is 0 Å². The second-order valence-electron chi connectivity index (χ2n) is 5.27. The first-order valence-corrected chi connectivity index (χ1v) is 8.76. The van der Waals surface area contributed by atoms with Crippen molar-refractivity contribution in [1.82, 2.24) is 10.0 Å².